The minimum atomic E-state index is -0.961. The van der Waals surface area contributed by atoms with Gasteiger partial charge >= 0.3 is 5.97 Å². The zero-order valence-corrected chi connectivity index (χ0v) is 9.72. The summed E-state index contributed by atoms with van der Waals surface area (Å²) < 4.78 is 0. The molecular weight excluding hydrogens is 220 g/mol. The maximum absolute atomic E-state index is 11.5. The van der Waals surface area contributed by atoms with E-state index in [4.69, 9.17) is 5.11 Å². The average Bonchev–Trinajstić information content (AvgIpc) is 2.29. The van der Waals surface area contributed by atoms with Gasteiger partial charge in [0, 0.05) is 30.8 Å². The second kappa shape index (κ2) is 6.62. The molecule has 1 aromatic heterocycles. The lowest BCUT2D eigenvalue weighted by Crippen LogP contribution is -2.32. The molecule has 5 heteroatoms. The van der Waals surface area contributed by atoms with Gasteiger partial charge in [0.05, 0.1) is 6.42 Å². The maximum atomic E-state index is 11.5. The summed E-state index contributed by atoms with van der Waals surface area (Å²) in [6.45, 7) is 2.07. The maximum Gasteiger partial charge on any atom is 0.304 e. The van der Waals surface area contributed by atoms with Gasteiger partial charge in [-0.25, -0.2) is 0 Å². The van der Waals surface area contributed by atoms with Crippen molar-refractivity contribution in [2.24, 2.45) is 5.92 Å². The molecule has 0 spiro atoms. The Labute approximate surface area is 99.9 Å². The van der Waals surface area contributed by atoms with Crippen molar-refractivity contribution in [3.63, 3.8) is 0 Å². The number of nitrogens with zero attached hydrogens (tertiary/aromatic N) is 1. The van der Waals surface area contributed by atoms with Crippen LogP contribution < -0.4 is 5.32 Å². The monoisotopic (exact) mass is 236 g/mol. The average molecular weight is 236 g/mol. The lowest BCUT2D eigenvalue weighted by atomic mass is 10.1. The van der Waals surface area contributed by atoms with Crippen LogP contribution in [0, 0.1) is 5.92 Å². The van der Waals surface area contributed by atoms with Gasteiger partial charge in [0.1, 0.15) is 0 Å². The quantitative estimate of drug-likeness (QED) is 0.767. The van der Waals surface area contributed by atoms with E-state index in [1.807, 2.05) is 18.2 Å². The van der Waals surface area contributed by atoms with Crippen molar-refractivity contribution in [2.45, 2.75) is 19.8 Å². The number of amides is 1. The normalized spacial score (nSPS) is 11.8. The molecule has 92 valence electrons. The summed E-state index contributed by atoms with van der Waals surface area (Å²) in [6.07, 6.45) is 2.20. The summed E-state index contributed by atoms with van der Waals surface area (Å²) in [5.74, 6) is -1.70. The van der Waals surface area contributed by atoms with Crippen molar-refractivity contribution in [1.82, 2.24) is 10.3 Å². The molecule has 2 N–H and O–H groups in total. The van der Waals surface area contributed by atoms with Crippen LogP contribution in [0.3, 0.4) is 0 Å². The van der Waals surface area contributed by atoms with Gasteiger partial charge in [0.25, 0.3) is 0 Å². The van der Waals surface area contributed by atoms with E-state index in [-0.39, 0.29) is 12.3 Å². The summed E-state index contributed by atoms with van der Waals surface area (Å²) in [5, 5.41) is 11.2. The summed E-state index contributed by atoms with van der Waals surface area (Å²) >= 11 is 0. The number of hydrogen-bond acceptors (Lipinski definition) is 3. The lowest BCUT2D eigenvalue weighted by molar-refractivity contribution is -0.140. The number of nitrogens with one attached hydrogen (secondary N) is 1. The van der Waals surface area contributed by atoms with Crippen LogP contribution in [0.1, 0.15) is 19.0 Å². The number of hydrogen-bond donors (Lipinski definition) is 2. The molecule has 1 aromatic rings. The molecule has 1 amide bonds. The van der Waals surface area contributed by atoms with Crippen LogP contribution in [-0.4, -0.2) is 28.5 Å². The van der Waals surface area contributed by atoms with E-state index in [1.165, 1.54) is 0 Å². The molecule has 0 bridgehead atoms. The molecule has 0 aliphatic heterocycles. The zero-order valence-electron chi connectivity index (χ0n) is 9.72. The standard InChI is InChI=1S/C12H16N2O3/c1-9(8-11(15)16)12(17)14-7-5-10-4-2-3-6-13-10/h2-4,6,9H,5,7-8H2,1H3,(H,14,17)(H,15,16). The fourth-order valence-corrected chi connectivity index (χ4v) is 1.39. The highest BCUT2D eigenvalue weighted by atomic mass is 16.4. The van der Waals surface area contributed by atoms with Crippen LogP contribution in [0.2, 0.25) is 0 Å². The summed E-state index contributed by atoms with van der Waals surface area (Å²) in [7, 11) is 0. The van der Waals surface area contributed by atoms with Crippen molar-refractivity contribution in [2.75, 3.05) is 6.54 Å². The highest BCUT2D eigenvalue weighted by Gasteiger charge is 2.15. The number of carboxylic acids is 1. The predicted octanol–water partition coefficient (Wildman–Crippen LogP) is 0.851. The zero-order chi connectivity index (χ0) is 12.7. The second-order valence-electron chi connectivity index (χ2n) is 3.86. The number of aliphatic carboxylic acids is 1. The fourth-order valence-electron chi connectivity index (χ4n) is 1.39. The van der Waals surface area contributed by atoms with E-state index in [0.29, 0.717) is 13.0 Å². The Kier molecular flexibility index (Phi) is 5.13. The van der Waals surface area contributed by atoms with Gasteiger partial charge in [-0.05, 0) is 12.1 Å². The van der Waals surface area contributed by atoms with Crippen molar-refractivity contribution in [3.05, 3.63) is 30.1 Å². The van der Waals surface area contributed by atoms with Crippen LogP contribution in [0.5, 0.6) is 0 Å². The Bertz CT molecular complexity index is 379. The van der Waals surface area contributed by atoms with Crippen molar-refractivity contribution < 1.29 is 14.7 Å². The van der Waals surface area contributed by atoms with E-state index in [0.717, 1.165) is 5.69 Å². The second-order valence-corrected chi connectivity index (χ2v) is 3.86. The first-order valence-electron chi connectivity index (χ1n) is 5.49. The van der Waals surface area contributed by atoms with Crippen LogP contribution in [0.15, 0.2) is 24.4 Å². The van der Waals surface area contributed by atoms with Gasteiger partial charge in [-0.2, -0.15) is 0 Å². The van der Waals surface area contributed by atoms with Crippen LogP contribution in [0.4, 0.5) is 0 Å². The molecule has 1 heterocycles. The van der Waals surface area contributed by atoms with Crippen LogP contribution in [-0.2, 0) is 16.0 Å². The number of carbonyl (C=O) groups is 2. The summed E-state index contributed by atoms with van der Waals surface area (Å²) in [5.41, 5.74) is 0.902. The Morgan fingerprint density at radius 3 is 2.82 bits per heavy atom. The number of pyridine rings is 1. The highest BCUT2D eigenvalue weighted by Crippen LogP contribution is 2.01. The number of carbonyl (C=O) groups excluding carboxylic acids is 1. The largest absolute Gasteiger partial charge is 0.481 e. The van der Waals surface area contributed by atoms with Gasteiger partial charge in [-0.15, -0.1) is 0 Å². The minimum Gasteiger partial charge on any atom is -0.481 e. The Morgan fingerprint density at radius 2 is 2.24 bits per heavy atom. The molecule has 0 aromatic carbocycles. The summed E-state index contributed by atoms with van der Waals surface area (Å²) in [4.78, 5) is 26.0. The number of aromatic nitrogens is 1. The third-order valence-electron chi connectivity index (χ3n) is 2.33. The van der Waals surface area contributed by atoms with E-state index < -0.39 is 11.9 Å². The lowest BCUT2D eigenvalue weighted by Gasteiger charge is -2.09. The van der Waals surface area contributed by atoms with Crippen molar-refractivity contribution >= 4 is 11.9 Å². The molecule has 17 heavy (non-hydrogen) atoms. The smallest absolute Gasteiger partial charge is 0.304 e. The van der Waals surface area contributed by atoms with Gasteiger partial charge in [0.2, 0.25) is 5.91 Å². The number of carboxylic acid groups (broad SMARTS) is 1. The molecule has 0 saturated heterocycles. The molecule has 0 radical (unpaired) electrons. The molecule has 0 aliphatic carbocycles. The van der Waals surface area contributed by atoms with Crippen LogP contribution >= 0.6 is 0 Å². The first-order chi connectivity index (χ1) is 8.09. The highest BCUT2D eigenvalue weighted by molar-refractivity contribution is 5.82. The predicted molar refractivity (Wildman–Crippen MR) is 62.4 cm³/mol. The van der Waals surface area contributed by atoms with E-state index in [1.54, 1.807) is 13.1 Å². The molecule has 1 rings (SSSR count). The van der Waals surface area contributed by atoms with Gasteiger partial charge in [-0.1, -0.05) is 13.0 Å². The Morgan fingerprint density at radius 1 is 1.47 bits per heavy atom. The molecule has 1 atom stereocenters. The van der Waals surface area contributed by atoms with Crippen molar-refractivity contribution in [3.8, 4) is 0 Å². The van der Waals surface area contributed by atoms with E-state index in [9.17, 15) is 9.59 Å². The minimum absolute atomic E-state index is 0.143. The molecule has 0 saturated carbocycles. The van der Waals surface area contributed by atoms with E-state index in [2.05, 4.69) is 10.3 Å². The molecule has 5 nitrogen and oxygen atoms in total. The SMILES string of the molecule is CC(CC(=O)O)C(=O)NCCc1ccccn1. The van der Waals surface area contributed by atoms with Gasteiger partial charge < -0.3 is 10.4 Å². The Balaban J connectivity index is 2.27. The first kappa shape index (κ1) is 13.2. The van der Waals surface area contributed by atoms with Gasteiger partial charge in [0.15, 0.2) is 0 Å². The third-order valence-corrected chi connectivity index (χ3v) is 2.33. The first-order valence-corrected chi connectivity index (χ1v) is 5.49. The topological polar surface area (TPSA) is 79.3 Å². The molecule has 0 aliphatic rings. The van der Waals surface area contributed by atoms with Gasteiger partial charge in [-0.3, -0.25) is 14.6 Å². The molecular formula is C12H16N2O3. The molecule has 1 unspecified atom stereocenters. The fraction of sp³-hybridized carbons (Fsp3) is 0.417. The van der Waals surface area contributed by atoms with Crippen LogP contribution in [0.25, 0.3) is 0 Å². The molecule has 0 fully saturated rings. The number of rotatable bonds is 6. The Hall–Kier alpha value is -1.91. The third kappa shape index (κ3) is 5.10. The van der Waals surface area contributed by atoms with Crippen molar-refractivity contribution in [1.29, 1.82) is 0 Å². The van der Waals surface area contributed by atoms with E-state index >= 15 is 0 Å². The summed E-state index contributed by atoms with van der Waals surface area (Å²) in [6, 6.07) is 5.60.